The summed E-state index contributed by atoms with van der Waals surface area (Å²) in [5, 5.41) is 9.42. The highest BCUT2D eigenvalue weighted by atomic mass is 35.5. The smallest absolute Gasteiger partial charge is 0.481 e. The van der Waals surface area contributed by atoms with Crippen molar-refractivity contribution in [1.82, 2.24) is 4.72 Å². The number of rotatable bonds is 7. The molecule has 0 amide bonds. The molecule has 2 rings (SSSR count). The van der Waals surface area contributed by atoms with E-state index in [1.165, 1.54) is 18.2 Å². The van der Waals surface area contributed by atoms with Crippen molar-refractivity contribution < 1.29 is 36.2 Å². The number of carboxylic acid groups (broad SMARTS) is 1. The highest BCUT2D eigenvalue weighted by molar-refractivity contribution is 7.89. The van der Waals surface area contributed by atoms with E-state index in [2.05, 4.69) is 9.46 Å². The topological polar surface area (TPSA) is 92.7 Å². The van der Waals surface area contributed by atoms with Crippen LogP contribution in [0.25, 0.3) is 0 Å². The van der Waals surface area contributed by atoms with Crippen LogP contribution < -0.4 is 9.46 Å². The Hall–Kier alpha value is -2.01. The number of carboxylic acids is 1. The van der Waals surface area contributed by atoms with Crippen molar-refractivity contribution in [1.29, 1.82) is 0 Å². The molecular weight excluding hydrogens is 446 g/mol. The van der Waals surface area contributed by atoms with Gasteiger partial charge in [0.25, 0.3) is 0 Å². The van der Waals surface area contributed by atoms with Gasteiger partial charge in [-0.2, -0.15) is 0 Å². The molecule has 0 fully saturated rings. The van der Waals surface area contributed by atoms with Crippen LogP contribution in [0.3, 0.4) is 0 Å². The summed E-state index contributed by atoms with van der Waals surface area (Å²) < 4.78 is 67.5. The summed E-state index contributed by atoms with van der Waals surface area (Å²) in [4.78, 5) is 10.7. The van der Waals surface area contributed by atoms with Gasteiger partial charge in [0, 0.05) is 10.0 Å². The Bertz CT molecular complexity index is 945. The Morgan fingerprint density at radius 3 is 2.11 bits per heavy atom. The number of ether oxygens (including phenoxy) is 1. The van der Waals surface area contributed by atoms with E-state index < -0.39 is 40.6 Å². The summed E-state index contributed by atoms with van der Waals surface area (Å²) in [6.45, 7) is 0. The van der Waals surface area contributed by atoms with Crippen LogP contribution in [0.5, 0.6) is 5.75 Å². The van der Waals surface area contributed by atoms with Crippen molar-refractivity contribution in [3.05, 3.63) is 58.1 Å². The van der Waals surface area contributed by atoms with Crippen LogP contribution in [0.15, 0.2) is 47.4 Å². The van der Waals surface area contributed by atoms with Gasteiger partial charge in [0.1, 0.15) is 5.75 Å². The zero-order chi connectivity index (χ0) is 21.1. The van der Waals surface area contributed by atoms with Crippen LogP contribution >= 0.6 is 23.2 Å². The van der Waals surface area contributed by atoms with Crippen LogP contribution in [0, 0.1) is 0 Å². The molecule has 1 unspecified atom stereocenters. The summed E-state index contributed by atoms with van der Waals surface area (Å²) in [7, 11) is -4.28. The van der Waals surface area contributed by atoms with Gasteiger partial charge in [-0.05, 0) is 48.0 Å². The van der Waals surface area contributed by atoms with Gasteiger partial charge >= 0.3 is 12.3 Å². The average Bonchev–Trinajstić information content (AvgIpc) is 2.51. The second-order valence-corrected chi connectivity index (χ2v) is 8.08. The van der Waals surface area contributed by atoms with E-state index in [0.717, 1.165) is 24.3 Å². The molecule has 0 aromatic heterocycles. The molecule has 0 spiro atoms. The second kappa shape index (κ2) is 8.56. The lowest BCUT2D eigenvalue weighted by Crippen LogP contribution is -2.30. The SMILES string of the molecule is O=C(O)CC(NS(=O)(=O)c1ccc(OC(F)(F)F)cc1)c1cc(Cl)cc(Cl)c1. The molecule has 2 N–H and O–H groups in total. The van der Waals surface area contributed by atoms with Gasteiger partial charge in [-0.25, -0.2) is 13.1 Å². The summed E-state index contributed by atoms with van der Waals surface area (Å²) >= 11 is 11.7. The fraction of sp³-hybridized carbons (Fsp3) is 0.188. The largest absolute Gasteiger partial charge is 0.573 e. The molecule has 0 aliphatic carbocycles. The number of hydrogen-bond donors (Lipinski definition) is 2. The predicted molar refractivity (Wildman–Crippen MR) is 94.9 cm³/mol. The average molecular weight is 458 g/mol. The van der Waals surface area contributed by atoms with E-state index >= 15 is 0 Å². The molecule has 0 radical (unpaired) electrons. The van der Waals surface area contributed by atoms with Gasteiger partial charge in [0.2, 0.25) is 10.0 Å². The molecule has 12 heteroatoms. The zero-order valence-electron chi connectivity index (χ0n) is 13.7. The number of carbonyl (C=O) groups is 1. The monoisotopic (exact) mass is 457 g/mol. The first-order chi connectivity index (χ1) is 12.9. The predicted octanol–water partition coefficient (Wildman–Crippen LogP) is 4.39. The van der Waals surface area contributed by atoms with E-state index in [1.807, 2.05) is 0 Å². The first-order valence-corrected chi connectivity index (χ1v) is 9.65. The third kappa shape index (κ3) is 6.55. The fourth-order valence-electron chi connectivity index (χ4n) is 2.25. The van der Waals surface area contributed by atoms with Crippen LogP contribution in [0.4, 0.5) is 13.2 Å². The molecule has 6 nitrogen and oxygen atoms in total. The van der Waals surface area contributed by atoms with Gasteiger partial charge in [-0.3, -0.25) is 4.79 Å². The molecule has 2 aromatic carbocycles. The van der Waals surface area contributed by atoms with E-state index in [9.17, 15) is 26.4 Å². The number of benzene rings is 2. The normalized spacial score (nSPS) is 13.2. The molecule has 28 heavy (non-hydrogen) atoms. The second-order valence-electron chi connectivity index (χ2n) is 5.49. The lowest BCUT2D eigenvalue weighted by atomic mass is 10.1. The number of hydrogen-bond acceptors (Lipinski definition) is 4. The zero-order valence-corrected chi connectivity index (χ0v) is 16.0. The maximum Gasteiger partial charge on any atom is 0.573 e. The van der Waals surface area contributed by atoms with Crippen molar-refractivity contribution in [3.63, 3.8) is 0 Å². The molecule has 2 aromatic rings. The standard InChI is InChI=1S/C16H12Cl2F3NO5S/c17-10-5-9(6-11(18)7-10)14(8-15(23)24)22-28(25,26)13-3-1-12(2-4-13)27-16(19,20)21/h1-7,14,22H,8H2,(H,23,24). The minimum absolute atomic E-state index is 0.172. The van der Waals surface area contributed by atoms with E-state index in [1.54, 1.807) is 0 Å². The number of aliphatic carboxylic acids is 1. The molecule has 0 bridgehead atoms. The quantitative estimate of drug-likeness (QED) is 0.643. The maximum absolute atomic E-state index is 12.5. The minimum Gasteiger partial charge on any atom is -0.481 e. The highest BCUT2D eigenvalue weighted by Gasteiger charge is 2.31. The molecule has 0 aliphatic rings. The Labute approximate surface area is 167 Å². The molecule has 0 aliphatic heterocycles. The van der Waals surface area contributed by atoms with Crippen LogP contribution in [-0.2, 0) is 14.8 Å². The Kier molecular flexibility index (Phi) is 6.81. The van der Waals surface area contributed by atoms with Crippen molar-refractivity contribution >= 4 is 39.2 Å². The van der Waals surface area contributed by atoms with Crippen molar-refractivity contribution in [2.24, 2.45) is 0 Å². The van der Waals surface area contributed by atoms with Gasteiger partial charge < -0.3 is 9.84 Å². The number of nitrogens with one attached hydrogen (secondary N) is 1. The molecular formula is C16H12Cl2F3NO5S. The maximum atomic E-state index is 12.5. The third-order valence-corrected chi connectivity index (χ3v) is 5.26. The molecule has 1 atom stereocenters. The molecule has 0 heterocycles. The number of alkyl halides is 3. The Morgan fingerprint density at radius 2 is 1.64 bits per heavy atom. The minimum atomic E-state index is -4.92. The van der Waals surface area contributed by atoms with Gasteiger partial charge in [-0.1, -0.05) is 23.2 Å². The number of sulfonamides is 1. The summed E-state index contributed by atoms with van der Waals surface area (Å²) in [5.74, 6) is -1.90. The Balaban J connectivity index is 2.30. The first kappa shape index (κ1) is 22.3. The van der Waals surface area contributed by atoms with E-state index in [4.69, 9.17) is 28.3 Å². The molecule has 0 saturated heterocycles. The molecule has 152 valence electrons. The lowest BCUT2D eigenvalue weighted by molar-refractivity contribution is -0.274. The van der Waals surface area contributed by atoms with E-state index in [0.29, 0.717) is 0 Å². The lowest BCUT2D eigenvalue weighted by Gasteiger charge is -2.18. The van der Waals surface area contributed by atoms with Crippen LogP contribution in [-0.4, -0.2) is 25.9 Å². The van der Waals surface area contributed by atoms with Gasteiger partial charge in [0.05, 0.1) is 17.4 Å². The third-order valence-electron chi connectivity index (χ3n) is 3.33. The van der Waals surface area contributed by atoms with E-state index in [-0.39, 0.29) is 20.5 Å². The summed E-state index contributed by atoms with van der Waals surface area (Å²) in [6, 6.07) is 6.31. The van der Waals surface area contributed by atoms with Crippen LogP contribution in [0.2, 0.25) is 10.0 Å². The fourth-order valence-corrected chi connectivity index (χ4v) is 4.02. The highest BCUT2D eigenvalue weighted by Crippen LogP contribution is 2.28. The van der Waals surface area contributed by atoms with Gasteiger partial charge in [-0.15, -0.1) is 13.2 Å². The van der Waals surface area contributed by atoms with Crippen molar-refractivity contribution in [2.75, 3.05) is 0 Å². The number of halogens is 5. The molecule has 0 saturated carbocycles. The first-order valence-electron chi connectivity index (χ1n) is 7.42. The summed E-state index contributed by atoms with van der Waals surface area (Å²) in [5.41, 5.74) is 0.209. The van der Waals surface area contributed by atoms with Gasteiger partial charge in [0.15, 0.2) is 0 Å². The summed E-state index contributed by atoms with van der Waals surface area (Å²) in [6.07, 6.45) is -5.54. The Morgan fingerprint density at radius 1 is 1.11 bits per heavy atom. The van der Waals surface area contributed by atoms with Crippen molar-refractivity contribution in [2.45, 2.75) is 23.7 Å². The van der Waals surface area contributed by atoms with Crippen LogP contribution in [0.1, 0.15) is 18.0 Å². The van der Waals surface area contributed by atoms with Crippen molar-refractivity contribution in [3.8, 4) is 5.75 Å².